The molecule has 2 aliphatic heterocycles. The third kappa shape index (κ3) is 8.92. The van der Waals surface area contributed by atoms with Gasteiger partial charge < -0.3 is 35.8 Å². The molecule has 2 heterocycles. The maximum atomic E-state index is 11.2. The van der Waals surface area contributed by atoms with Crippen molar-refractivity contribution < 1.29 is 35.8 Å². The third-order valence-electron chi connectivity index (χ3n) is 6.49. The zero-order valence-electron chi connectivity index (χ0n) is 25.6. The molecule has 8 nitrogen and oxygen atoms in total. The first-order chi connectivity index (χ1) is 18.8. The maximum Gasteiger partial charge on any atom is 0.519 e. The van der Waals surface area contributed by atoms with Gasteiger partial charge in [-0.15, -0.1) is 0 Å². The van der Waals surface area contributed by atoms with Crippen molar-refractivity contribution in [1.82, 2.24) is 0 Å². The van der Waals surface area contributed by atoms with E-state index in [1.807, 2.05) is 45.9 Å². The van der Waals surface area contributed by atoms with E-state index in [4.69, 9.17) is 26.2 Å². The molecule has 0 amide bonds. The van der Waals surface area contributed by atoms with Crippen LogP contribution in [0.1, 0.15) is 66.5 Å². The minimum Gasteiger partial charge on any atom is -0.490 e. The molecule has 0 saturated carbocycles. The molecule has 2 aliphatic rings. The van der Waals surface area contributed by atoms with Crippen LogP contribution in [-0.4, -0.2) is 60.9 Å². The van der Waals surface area contributed by atoms with Crippen LogP contribution >= 0.6 is 0 Å². The Labute approximate surface area is 244 Å². The van der Waals surface area contributed by atoms with Crippen molar-refractivity contribution in [3.8, 4) is 5.75 Å². The van der Waals surface area contributed by atoms with E-state index < -0.39 is 44.7 Å². The first-order valence-corrected chi connectivity index (χ1v) is 20.5. The number of hydrogen-bond acceptors (Lipinski definition) is 8. The molecular formula is C29H48O8Si3. The van der Waals surface area contributed by atoms with Crippen LogP contribution in [0.5, 0.6) is 5.75 Å². The van der Waals surface area contributed by atoms with Gasteiger partial charge in [-0.3, -0.25) is 0 Å². The molecule has 2 bridgehead atoms. The molecule has 2 N–H and O–H groups in total. The lowest BCUT2D eigenvalue weighted by atomic mass is 9.78. The van der Waals surface area contributed by atoms with E-state index in [1.165, 1.54) is 23.4 Å². The largest absolute Gasteiger partial charge is 0.519 e. The van der Waals surface area contributed by atoms with Crippen LogP contribution in [-0.2, 0) is 26.9 Å². The molecule has 11 heteroatoms. The monoisotopic (exact) mass is 608 g/mol. The van der Waals surface area contributed by atoms with Gasteiger partial charge in [0.25, 0.3) is 0 Å². The molecule has 0 spiro atoms. The second-order valence-corrected chi connectivity index (χ2v) is 17.5. The Morgan fingerprint density at radius 2 is 1.35 bits per heavy atom. The fourth-order valence-electron chi connectivity index (χ4n) is 4.70. The molecule has 0 aromatic heterocycles. The molecule has 0 radical (unpaired) electrons. The molecule has 2 saturated heterocycles. The van der Waals surface area contributed by atoms with Crippen LogP contribution in [0.4, 0.5) is 0 Å². The molecular weight excluding hydrogens is 561 g/mol. The van der Waals surface area contributed by atoms with Gasteiger partial charge in [0, 0.05) is 18.5 Å². The molecule has 6 atom stereocenters. The molecule has 6 unspecified atom stereocenters. The molecule has 224 valence electrons. The number of hydrogen-bond donors (Lipinski definition) is 2. The summed E-state index contributed by atoms with van der Waals surface area (Å²) in [6, 6.07) is 18.4. The standard InChI is InChI=1S/C25H36O8Si3.2C2H6/c1-19-24-20(2)30-36(27,33-35(6,31-24)32-34(5,26)29-19)18-10-17-28-23-15-13-22(14-16-23)25(3,4)21-11-8-7-9-12-21;2*1-2/h7-16,18-20,24,26-27H,17H2,1-6H3;2*1-2H3/b18-10+;;. The fourth-order valence-corrected chi connectivity index (χ4v) is 14.0. The van der Waals surface area contributed by atoms with Crippen molar-refractivity contribution in [2.24, 2.45) is 0 Å². The van der Waals surface area contributed by atoms with Gasteiger partial charge in [-0.25, -0.2) is 0 Å². The van der Waals surface area contributed by atoms with Gasteiger partial charge in [-0.1, -0.05) is 84.0 Å². The minimum atomic E-state index is -3.83. The number of rotatable bonds is 6. The van der Waals surface area contributed by atoms with E-state index in [9.17, 15) is 9.59 Å². The van der Waals surface area contributed by atoms with Gasteiger partial charge in [0.15, 0.2) is 0 Å². The van der Waals surface area contributed by atoms with E-state index >= 15 is 0 Å². The lowest BCUT2D eigenvalue weighted by Gasteiger charge is -2.32. The Hall–Kier alpha value is -1.65. The van der Waals surface area contributed by atoms with Gasteiger partial charge >= 0.3 is 26.4 Å². The van der Waals surface area contributed by atoms with Crippen molar-refractivity contribution in [2.45, 2.75) is 92.2 Å². The highest BCUT2D eigenvalue weighted by atomic mass is 28.5. The van der Waals surface area contributed by atoms with E-state index in [2.05, 4.69) is 50.2 Å². The second-order valence-electron chi connectivity index (χ2n) is 10.1. The Morgan fingerprint density at radius 1 is 0.800 bits per heavy atom. The molecule has 0 aliphatic carbocycles. The maximum absolute atomic E-state index is 11.2. The predicted molar refractivity (Wildman–Crippen MR) is 164 cm³/mol. The van der Waals surface area contributed by atoms with Gasteiger partial charge in [0.05, 0.1) is 18.3 Å². The SMILES string of the molecule is CC.CC.CC1O[Si](C)(O)O[Si]2(C)OC1C(C)O[Si](O)(/C=C/COc1ccc(C(C)(C)c3ccccc3)cc1)O2. The predicted octanol–water partition coefficient (Wildman–Crippen LogP) is 5.86. The van der Waals surface area contributed by atoms with Crippen LogP contribution in [0, 0.1) is 0 Å². The van der Waals surface area contributed by atoms with Crippen molar-refractivity contribution in [2.75, 3.05) is 6.61 Å². The Kier molecular flexibility index (Phi) is 12.5. The molecule has 2 aromatic rings. The van der Waals surface area contributed by atoms with Gasteiger partial charge in [0.1, 0.15) is 12.4 Å². The van der Waals surface area contributed by atoms with Crippen molar-refractivity contribution in [3.63, 3.8) is 0 Å². The highest BCUT2D eigenvalue weighted by Crippen LogP contribution is 2.35. The van der Waals surface area contributed by atoms with E-state index in [-0.39, 0.29) is 12.0 Å². The van der Waals surface area contributed by atoms with Crippen molar-refractivity contribution in [3.05, 3.63) is 77.5 Å². The third-order valence-corrected chi connectivity index (χ3v) is 15.0. The molecule has 2 fully saturated rings. The highest BCUT2D eigenvalue weighted by molar-refractivity contribution is 6.81. The van der Waals surface area contributed by atoms with Crippen LogP contribution in [0.25, 0.3) is 0 Å². The summed E-state index contributed by atoms with van der Waals surface area (Å²) in [4.78, 5) is 21.8. The topological polar surface area (TPSA) is 95.8 Å². The van der Waals surface area contributed by atoms with E-state index in [0.29, 0.717) is 5.75 Å². The average molecular weight is 609 g/mol. The number of fused-ring (bicyclic) bond motifs is 2. The average Bonchev–Trinajstić information content (AvgIpc) is 3.08. The number of ether oxygens (including phenoxy) is 1. The highest BCUT2D eigenvalue weighted by Gasteiger charge is 2.60. The lowest BCUT2D eigenvalue weighted by molar-refractivity contribution is -0.0186. The summed E-state index contributed by atoms with van der Waals surface area (Å²) in [6.45, 7) is 19.4. The van der Waals surface area contributed by atoms with Crippen LogP contribution in [0.15, 0.2) is 66.4 Å². The quantitative estimate of drug-likeness (QED) is 0.394. The Balaban J connectivity index is 0.00000134. The summed E-state index contributed by atoms with van der Waals surface area (Å²) in [6.07, 6.45) is 0.145. The van der Waals surface area contributed by atoms with E-state index in [0.717, 1.165) is 0 Å². The van der Waals surface area contributed by atoms with Crippen LogP contribution < -0.4 is 4.74 Å². The van der Waals surface area contributed by atoms with Crippen molar-refractivity contribution >= 4 is 26.4 Å². The van der Waals surface area contributed by atoms with Crippen molar-refractivity contribution in [1.29, 1.82) is 0 Å². The fraction of sp³-hybridized carbons (Fsp3) is 0.517. The molecule has 2 aromatic carbocycles. The van der Waals surface area contributed by atoms with E-state index in [1.54, 1.807) is 26.5 Å². The zero-order chi connectivity index (χ0) is 30.2. The van der Waals surface area contributed by atoms with Gasteiger partial charge in [-0.05, 0) is 48.9 Å². The summed E-state index contributed by atoms with van der Waals surface area (Å²) in [5.41, 5.74) is 3.81. The Morgan fingerprint density at radius 3 is 1.95 bits per heavy atom. The normalized spacial score (nSPS) is 32.0. The first-order valence-electron chi connectivity index (χ1n) is 14.2. The smallest absolute Gasteiger partial charge is 0.490 e. The number of benzene rings is 2. The minimum absolute atomic E-state index is 0.128. The molecule has 4 rings (SSSR count). The van der Waals surface area contributed by atoms with Gasteiger partial charge in [-0.2, -0.15) is 0 Å². The summed E-state index contributed by atoms with van der Waals surface area (Å²) in [5.74, 6) is 0.713. The summed E-state index contributed by atoms with van der Waals surface area (Å²) in [7, 11) is -10.7. The summed E-state index contributed by atoms with van der Waals surface area (Å²) in [5, 5.41) is 0. The van der Waals surface area contributed by atoms with Gasteiger partial charge in [0.2, 0.25) is 0 Å². The summed E-state index contributed by atoms with van der Waals surface area (Å²) < 4.78 is 35.3. The second kappa shape index (κ2) is 14.5. The summed E-state index contributed by atoms with van der Waals surface area (Å²) >= 11 is 0. The van der Waals surface area contributed by atoms with Crippen LogP contribution in [0.2, 0.25) is 13.1 Å². The Bertz CT molecular complexity index is 1070. The van der Waals surface area contributed by atoms with Crippen LogP contribution in [0.3, 0.4) is 0 Å². The lowest BCUT2D eigenvalue weighted by Crippen LogP contribution is -2.58. The zero-order valence-corrected chi connectivity index (χ0v) is 28.6. The molecule has 40 heavy (non-hydrogen) atoms. The first kappa shape index (κ1) is 34.6.